The summed E-state index contributed by atoms with van der Waals surface area (Å²) in [5.74, 6) is -2.42. The smallest absolute Gasteiger partial charge is 0.358 e. The largest absolute Gasteiger partial charge is 0.476 e. The van der Waals surface area contributed by atoms with Crippen molar-refractivity contribution < 1.29 is 38.1 Å². The first-order valence-corrected chi connectivity index (χ1v) is 11.3. The molecule has 4 aromatic rings. The van der Waals surface area contributed by atoms with Gasteiger partial charge in [0.1, 0.15) is 11.6 Å². The third-order valence-corrected chi connectivity index (χ3v) is 5.35. The van der Waals surface area contributed by atoms with Crippen molar-refractivity contribution in [2.75, 3.05) is 14.2 Å². The molecule has 0 atom stereocenters. The van der Waals surface area contributed by atoms with Crippen molar-refractivity contribution in [2.24, 2.45) is 0 Å². The average molecular weight is 529 g/mol. The highest BCUT2D eigenvalue weighted by Crippen LogP contribution is 2.14. The third-order valence-electron chi connectivity index (χ3n) is 5.35. The summed E-state index contributed by atoms with van der Waals surface area (Å²) in [5, 5.41) is 25.9. The standard InChI is InChI=1S/C14H15FN2O3.C12H11FN2O3/c1-19-9-11-7-13(14(18)20-2)16-17(11)8-10-5-3-4-6-12(10)15;13-10-4-2-1-3-8(10)6-15-9(7-16)5-11(14-15)12(17)18/h3-7H,8-9H2,1-2H3;1-5,16H,6-7H2,(H,17,18). The van der Waals surface area contributed by atoms with Gasteiger partial charge in [0.05, 0.1) is 44.8 Å². The van der Waals surface area contributed by atoms with E-state index in [0.29, 0.717) is 22.5 Å². The number of aliphatic hydroxyl groups is 1. The molecular formula is C26H26F2N4O6. The maximum Gasteiger partial charge on any atom is 0.358 e. The Kier molecular flexibility index (Phi) is 9.79. The number of aliphatic hydroxyl groups excluding tert-OH is 1. The van der Waals surface area contributed by atoms with Crippen molar-refractivity contribution in [1.82, 2.24) is 19.6 Å². The molecule has 0 radical (unpaired) electrons. The van der Waals surface area contributed by atoms with Crippen molar-refractivity contribution in [3.8, 4) is 0 Å². The first-order valence-electron chi connectivity index (χ1n) is 11.3. The van der Waals surface area contributed by atoms with Crippen LogP contribution in [0.15, 0.2) is 60.7 Å². The highest BCUT2D eigenvalue weighted by Gasteiger charge is 2.16. The number of esters is 1. The number of carbonyl (C=O) groups excluding carboxylic acids is 1. The quantitative estimate of drug-likeness (QED) is 0.317. The topological polar surface area (TPSA) is 129 Å². The van der Waals surface area contributed by atoms with Crippen LogP contribution in [0.2, 0.25) is 0 Å². The highest BCUT2D eigenvalue weighted by molar-refractivity contribution is 5.87. The summed E-state index contributed by atoms with van der Waals surface area (Å²) >= 11 is 0. The molecule has 4 rings (SSSR count). The number of benzene rings is 2. The Morgan fingerprint density at radius 2 is 1.34 bits per heavy atom. The van der Waals surface area contributed by atoms with Crippen LogP contribution in [0.4, 0.5) is 8.78 Å². The second kappa shape index (κ2) is 13.2. The zero-order valence-corrected chi connectivity index (χ0v) is 20.7. The number of methoxy groups -OCH3 is 2. The third kappa shape index (κ3) is 7.08. The Labute approximate surface area is 216 Å². The molecule has 2 aromatic carbocycles. The Balaban J connectivity index is 0.000000212. The normalized spacial score (nSPS) is 10.6. The minimum Gasteiger partial charge on any atom is -0.476 e. The molecule has 0 saturated heterocycles. The molecule has 2 aromatic heterocycles. The lowest BCUT2D eigenvalue weighted by Crippen LogP contribution is -2.09. The summed E-state index contributed by atoms with van der Waals surface area (Å²) in [7, 11) is 2.83. The van der Waals surface area contributed by atoms with E-state index in [4.69, 9.17) is 14.9 Å². The second-order valence-electron chi connectivity index (χ2n) is 7.93. The molecule has 0 unspecified atom stereocenters. The van der Waals surface area contributed by atoms with Gasteiger partial charge in [0, 0.05) is 18.2 Å². The lowest BCUT2D eigenvalue weighted by molar-refractivity contribution is 0.0592. The van der Waals surface area contributed by atoms with Gasteiger partial charge in [0.2, 0.25) is 0 Å². The molecule has 200 valence electrons. The number of carbonyl (C=O) groups is 2. The number of carboxylic acids is 1. The number of aromatic carboxylic acids is 1. The van der Waals surface area contributed by atoms with Gasteiger partial charge in [-0.25, -0.2) is 18.4 Å². The fourth-order valence-electron chi connectivity index (χ4n) is 3.46. The molecule has 0 fully saturated rings. The Morgan fingerprint density at radius 1 is 0.842 bits per heavy atom. The van der Waals surface area contributed by atoms with E-state index in [2.05, 4.69) is 14.9 Å². The van der Waals surface area contributed by atoms with Crippen LogP contribution in [-0.2, 0) is 35.8 Å². The summed E-state index contributed by atoms with van der Waals surface area (Å²) in [4.78, 5) is 22.3. The van der Waals surface area contributed by atoms with E-state index in [-0.39, 0.29) is 43.5 Å². The molecule has 0 aliphatic heterocycles. The van der Waals surface area contributed by atoms with Crippen LogP contribution in [0.1, 0.15) is 43.5 Å². The van der Waals surface area contributed by atoms with E-state index in [9.17, 15) is 18.4 Å². The van der Waals surface area contributed by atoms with Crippen LogP contribution in [0, 0.1) is 11.6 Å². The number of nitrogens with zero attached hydrogens (tertiary/aromatic N) is 4. The molecule has 38 heavy (non-hydrogen) atoms. The van der Waals surface area contributed by atoms with Gasteiger partial charge in [-0.2, -0.15) is 10.2 Å². The van der Waals surface area contributed by atoms with E-state index >= 15 is 0 Å². The number of carboxylic acid groups (broad SMARTS) is 1. The molecule has 12 heteroatoms. The summed E-state index contributed by atoms with van der Waals surface area (Å²) in [6.07, 6.45) is 0. The Bertz CT molecular complexity index is 1400. The van der Waals surface area contributed by atoms with Crippen LogP contribution >= 0.6 is 0 Å². The monoisotopic (exact) mass is 528 g/mol. The van der Waals surface area contributed by atoms with Gasteiger partial charge in [-0.1, -0.05) is 36.4 Å². The predicted molar refractivity (Wildman–Crippen MR) is 130 cm³/mol. The molecule has 0 amide bonds. The summed E-state index contributed by atoms with van der Waals surface area (Å²) in [6, 6.07) is 15.4. The fraction of sp³-hybridized carbons (Fsp3) is 0.231. The number of aromatic nitrogens is 4. The van der Waals surface area contributed by atoms with Gasteiger partial charge in [-0.15, -0.1) is 0 Å². The van der Waals surface area contributed by atoms with Crippen LogP contribution in [0.25, 0.3) is 0 Å². The van der Waals surface area contributed by atoms with Crippen molar-refractivity contribution in [1.29, 1.82) is 0 Å². The van der Waals surface area contributed by atoms with Gasteiger partial charge in [-0.05, 0) is 24.3 Å². The maximum absolute atomic E-state index is 13.7. The molecule has 10 nitrogen and oxygen atoms in total. The number of ether oxygens (including phenoxy) is 2. The molecule has 2 N–H and O–H groups in total. The molecule has 0 bridgehead atoms. The Morgan fingerprint density at radius 3 is 1.82 bits per heavy atom. The van der Waals surface area contributed by atoms with Gasteiger partial charge >= 0.3 is 11.9 Å². The SMILES string of the molecule is COCc1cc(C(=O)OC)nn1Cc1ccccc1F.O=C(O)c1cc(CO)n(Cc2ccccc2F)n1. The van der Waals surface area contributed by atoms with Crippen molar-refractivity contribution in [3.63, 3.8) is 0 Å². The fourth-order valence-corrected chi connectivity index (χ4v) is 3.46. The zero-order chi connectivity index (χ0) is 27.7. The molecule has 0 saturated carbocycles. The van der Waals surface area contributed by atoms with Crippen molar-refractivity contribution >= 4 is 11.9 Å². The molecule has 0 aliphatic carbocycles. The van der Waals surface area contributed by atoms with E-state index in [1.165, 1.54) is 41.8 Å². The lowest BCUT2D eigenvalue weighted by atomic mass is 10.2. The van der Waals surface area contributed by atoms with Crippen LogP contribution < -0.4 is 0 Å². The van der Waals surface area contributed by atoms with Crippen LogP contribution in [-0.4, -0.2) is 55.9 Å². The Hall–Kier alpha value is -4.42. The van der Waals surface area contributed by atoms with Crippen LogP contribution in [0.5, 0.6) is 0 Å². The average Bonchev–Trinajstić information content (AvgIpc) is 3.51. The van der Waals surface area contributed by atoms with E-state index in [1.54, 1.807) is 42.5 Å². The molecular weight excluding hydrogens is 502 g/mol. The van der Waals surface area contributed by atoms with E-state index in [1.807, 2.05) is 0 Å². The highest BCUT2D eigenvalue weighted by atomic mass is 19.1. The lowest BCUT2D eigenvalue weighted by Gasteiger charge is -2.07. The van der Waals surface area contributed by atoms with Gasteiger partial charge in [0.25, 0.3) is 0 Å². The summed E-state index contributed by atoms with van der Waals surface area (Å²) in [5.41, 5.74) is 1.88. The molecule has 2 heterocycles. The van der Waals surface area contributed by atoms with E-state index in [0.717, 1.165) is 0 Å². The molecule has 0 spiro atoms. The minimum absolute atomic E-state index is 0.0792. The predicted octanol–water partition coefficient (Wildman–Crippen LogP) is 3.26. The number of halogens is 2. The number of hydrogen-bond donors (Lipinski definition) is 2. The van der Waals surface area contributed by atoms with Crippen LogP contribution in [0.3, 0.4) is 0 Å². The minimum atomic E-state index is -1.18. The van der Waals surface area contributed by atoms with Crippen molar-refractivity contribution in [2.45, 2.75) is 26.3 Å². The zero-order valence-electron chi connectivity index (χ0n) is 20.7. The number of hydrogen-bond acceptors (Lipinski definition) is 7. The molecule has 0 aliphatic rings. The second-order valence-corrected chi connectivity index (χ2v) is 7.93. The first-order chi connectivity index (χ1) is 18.3. The first kappa shape index (κ1) is 28.2. The summed E-state index contributed by atoms with van der Waals surface area (Å²) in [6.45, 7) is 0.228. The van der Waals surface area contributed by atoms with Gasteiger partial charge in [-0.3, -0.25) is 9.36 Å². The maximum atomic E-state index is 13.7. The number of rotatable bonds is 9. The van der Waals surface area contributed by atoms with E-state index < -0.39 is 17.8 Å². The van der Waals surface area contributed by atoms with Gasteiger partial charge < -0.3 is 19.7 Å². The van der Waals surface area contributed by atoms with Crippen molar-refractivity contribution in [3.05, 3.63) is 106 Å². The summed E-state index contributed by atoms with van der Waals surface area (Å²) < 4.78 is 39.6. The van der Waals surface area contributed by atoms with Gasteiger partial charge in [0.15, 0.2) is 11.4 Å².